The number of nitrogen functional groups attached to an aromatic ring is 2. The predicted octanol–water partition coefficient (Wildman–Crippen LogP) is 4.29. The van der Waals surface area contributed by atoms with Gasteiger partial charge in [-0.3, -0.25) is 25.8 Å². The van der Waals surface area contributed by atoms with E-state index >= 15 is 0 Å². The number of hydrogen-bond acceptors (Lipinski definition) is 17. The van der Waals surface area contributed by atoms with Crippen molar-refractivity contribution < 1.29 is 19.0 Å². The molecule has 0 atom stereocenters. The van der Waals surface area contributed by atoms with Crippen LogP contribution in [0.1, 0.15) is 17.0 Å². The van der Waals surface area contributed by atoms with Gasteiger partial charge in [-0.2, -0.15) is 9.97 Å². The predicted molar refractivity (Wildman–Crippen MR) is 181 cm³/mol. The second kappa shape index (κ2) is 13.4. The third-order valence-electron chi connectivity index (χ3n) is 7.28. The van der Waals surface area contributed by atoms with Crippen LogP contribution in [-0.4, -0.2) is 65.0 Å². The van der Waals surface area contributed by atoms with Crippen LogP contribution >= 0.6 is 11.6 Å². The van der Waals surface area contributed by atoms with Crippen LogP contribution < -0.4 is 16.9 Å². The minimum absolute atomic E-state index is 0.0121. The zero-order chi connectivity index (χ0) is 35.6. The summed E-state index contributed by atoms with van der Waals surface area (Å²) in [5.74, 6) is 1.11. The standard InChI is InChI=1S/C15H10ClN7O3.C15H14N8O2/c16-9-4-3-8(10(6-9)23(24)25)7-22-14-13(20-21-22)12(18-15(17)19-14)11-2-1-5-26-11;1-8-5-9(21-24)6-10(17-8)7-23-14-13(20-22-23)12(18-15(16)19-14)11-3-2-4-25-11/h1-6H,7H2,(H2,17,18,19);2-6,24H,7H2,1H3,(H,17,21)(H2,16,18,19). The maximum atomic E-state index is 11.3. The highest BCUT2D eigenvalue weighted by Gasteiger charge is 2.21. The topological polar surface area (TPSA) is 280 Å². The Bertz CT molecular complexity index is 2520. The first-order valence-corrected chi connectivity index (χ1v) is 15.2. The molecule has 256 valence electrons. The van der Waals surface area contributed by atoms with E-state index in [4.69, 9.17) is 37.1 Å². The van der Waals surface area contributed by atoms with Crippen molar-refractivity contribution in [2.24, 2.45) is 0 Å². The lowest BCUT2D eigenvalue weighted by Gasteiger charge is -2.06. The Balaban J connectivity index is 0.000000159. The Labute approximate surface area is 289 Å². The molecule has 1 aromatic carbocycles. The van der Waals surface area contributed by atoms with E-state index in [1.165, 1.54) is 17.0 Å². The Morgan fingerprint density at radius 2 is 1.43 bits per heavy atom. The normalized spacial score (nSPS) is 11.1. The summed E-state index contributed by atoms with van der Waals surface area (Å²) in [5, 5.41) is 37.1. The highest BCUT2D eigenvalue weighted by molar-refractivity contribution is 6.30. The summed E-state index contributed by atoms with van der Waals surface area (Å²) < 4.78 is 13.7. The number of hydrogen-bond donors (Lipinski definition) is 4. The molecule has 0 radical (unpaired) electrons. The second-order valence-corrected chi connectivity index (χ2v) is 11.2. The van der Waals surface area contributed by atoms with E-state index in [1.54, 1.807) is 59.5 Å². The molecule has 7 heterocycles. The molecule has 0 saturated heterocycles. The average molecular weight is 710 g/mol. The number of nitrogens with two attached hydrogens (primary N) is 2. The number of nitrogens with one attached hydrogen (secondary N) is 1. The number of nitro benzene ring substituents is 1. The molecule has 0 amide bonds. The Morgan fingerprint density at radius 1 is 0.843 bits per heavy atom. The fourth-order valence-corrected chi connectivity index (χ4v) is 5.33. The fourth-order valence-electron chi connectivity index (χ4n) is 5.17. The van der Waals surface area contributed by atoms with E-state index in [0.29, 0.717) is 68.7 Å². The van der Waals surface area contributed by atoms with E-state index in [1.807, 2.05) is 6.92 Å². The number of nitro groups is 1. The smallest absolute Gasteiger partial charge is 0.275 e. The third kappa shape index (κ3) is 6.66. The van der Waals surface area contributed by atoms with Gasteiger partial charge in [-0.1, -0.05) is 22.0 Å². The van der Waals surface area contributed by atoms with Crippen LogP contribution in [-0.2, 0) is 13.1 Å². The van der Waals surface area contributed by atoms with Gasteiger partial charge in [0.25, 0.3) is 5.69 Å². The first-order valence-electron chi connectivity index (χ1n) is 14.8. The Morgan fingerprint density at radius 3 is 1.96 bits per heavy atom. The van der Waals surface area contributed by atoms with Crippen molar-refractivity contribution in [3.63, 3.8) is 0 Å². The van der Waals surface area contributed by atoms with Gasteiger partial charge < -0.3 is 20.3 Å². The number of rotatable bonds is 8. The van der Waals surface area contributed by atoms with Crippen molar-refractivity contribution in [3.8, 4) is 22.9 Å². The summed E-state index contributed by atoms with van der Waals surface area (Å²) >= 11 is 5.85. The number of benzene rings is 1. The first-order chi connectivity index (χ1) is 24.7. The van der Waals surface area contributed by atoms with Crippen molar-refractivity contribution >= 4 is 57.2 Å². The summed E-state index contributed by atoms with van der Waals surface area (Å²) in [6.45, 7) is 2.21. The molecule has 0 bridgehead atoms. The molecule has 21 heteroatoms. The van der Waals surface area contributed by atoms with Crippen LogP contribution in [0, 0.1) is 17.0 Å². The van der Waals surface area contributed by atoms with Crippen LogP contribution in [0.5, 0.6) is 0 Å². The lowest BCUT2D eigenvalue weighted by atomic mass is 10.2. The number of aryl methyl sites for hydroxylation is 1. The van der Waals surface area contributed by atoms with Gasteiger partial charge >= 0.3 is 0 Å². The molecule has 51 heavy (non-hydrogen) atoms. The maximum absolute atomic E-state index is 11.3. The maximum Gasteiger partial charge on any atom is 0.275 e. The number of aromatic nitrogens is 11. The molecule has 0 saturated carbocycles. The van der Waals surface area contributed by atoms with Crippen molar-refractivity contribution in [1.82, 2.24) is 54.9 Å². The molecule has 0 spiro atoms. The number of pyridine rings is 1. The molecule has 0 aliphatic rings. The van der Waals surface area contributed by atoms with Gasteiger partial charge in [0.05, 0.1) is 47.5 Å². The molecule has 8 aromatic rings. The molecule has 0 aliphatic carbocycles. The van der Waals surface area contributed by atoms with Gasteiger partial charge in [0, 0.05) is 16.8 Å². The zero-order valence-electron chi connectivity index (χ0n) is 26.2. The lowest BCUT2D eigenvalue weighted by molar-refractivity contribution is -0.385. The lowest BCUT2D eigenvalue weighted by Crippen LogP contribution is -2.07. The van der Waals surface area contributed by atoms with E-state index in [0.717, 1.165) is 5.69 Å². The number of anilines is 3. The van der Waals surface area contributed by atoms with Crippen LogP contribution in [0.25, 0.3) is 45.2 Å². The van der Waals surface area contributed by atoms with Gasteiger partial charge in [0.2, 0.25) is 11.9 Å². The molecule has 20 nitrogen and oxygen atoms in total. The van der Waals surface area contributed by atoms with Gasteiger partial charge in [-0.15, -0.1) is 10.2 Å². The second-order valence-electron chi connectivity index (χ2n) is 10.8. The Kier molecular flexibility index (Phi) is 8.57. The van der Waals surface area contributed by atoms with E-state index in [2.05, 4.69) is 51.0 Å². The van der Waals surface area contributed by atoms with E-state index in [-0.39, 0.29) is 29.2 Å². The van der Waals surface area contributed by atoms with E-state index in [9.17, 15) is 10.1 Å². The number of fused-ring (bicyclic) bond motifs is 2. The van der Waals surface area contributed by atoms with Gasteiger partial charge in [-0.25, -0.2) is 19.3 Å². The first kappa shape index (κ1) is 32.5. The summed E-state index contributed by atoms with van der Waals surface area (Å²) in [6, 6.07) is 14.8. The van der Waals surface area contributed by atoms with E-state index < -0.39 is 4.92 Å². The molecular weight excluding hydrogens is 686 g/mol. The summed E-state index contributed by atoms with van der Waals surface area (Å²) in [5.41, 5.74) is 18.6. The minimum atomic E-state index is -0.502. The van der Waals surface area contributed by atoms with Crippen LogP contribution in [0.15, 0.2) is 76.0 Å². The quantitative estimate of drug-likeness (QED) is 0.126. The summed E-state index contributed by atoms with van der Waals surface area (Å²) in [4.78, 5) is 32.0. The summed E-state index contributed by atoms with van der Waals surface area (Å²) in [7, 11) is 0. The minimum Gasteiger partial charge on any atom is -0.463 e. The van der Waals surface area contributed by atoms with Crippen LogP contribution in [0.4, 0.5) is 23.3 Å². The highest BCUT2D eigenvalue weighted by atomic mass is 35.5. The van der Waals surface area contributed by atoms with Crippen molar-refractivity contribution in [2.75, 3.05) is 16.9 Å². The molecule has 8 rings (SSSR count). The highest BCUT2D eigenvalue weighted by Crippen LogP contribution is 2.29. The van der Waals surface area contributed by atoms with Crippen LogP contribution in [0.3, 0.4) is 0 Å². The molecule has 7 aromatic heterocycles. The molecular formula is C30H24ClN15O5. The molecule has 0 unspecified atom stereocenters. The van der Waals surface area contributed by atoms with Crippen LogP contribution in [0.2, 0.25) is 5.02 Å². The largest absolute Gasteiger partial charge is 0.463 e. The summed E-state index contributed by atoms with van der Waals surface area (Å²) in [6.07, 6.45) is 3.05. The van der Waals surface area contributed by atoms with Crippen molar-refractivity contribution in [3.05, 3.63) is 99.2 Å². The van der Waals surface area contributed by atoms with Gasteiger partial charge in [-0.05, 0) is 55.5 Å². The number of nitrogens with zero attached hydrogens (tertiary/aromatic N) is 12. The average Bonchev–Trinajstić information content (AvgIpc) is 3.94. The van der Waals surface area contributed by atoms with Crippen molar-refractivity contribution in [1.29, 1.82) is 0 Å². The molecule has 0 fully saturated rings. The number of furan rings is 2. The third-order valence-corrected chi connectivity index (χ3v) is 7.52. The van der Waals surface area contributed by atoms with Crippen molar-refractivity contribution in [2.45, 2.75) is 20.0 Å². The zero-order valence-corrected chi connectivity index (χ0v) is 27.0. The Hall–Kier alpha value is -7.06. The fraction of sp³-hybridized carbons (Fsp3) is 0.100. The number of halogens is 1. The molecule has 0 aliphatic heterocycles. The van der Waals surface area contributed by atoms with Gasteiger partial charge in [0.1, 0.15) is 11.4 Å². The van der Waals surface area contributed by atoms with Gasteiger partial charge in [0.15, 0.2) is 33.8 Å². The monoisotopic (exact) mass is 709 g/mol. The molecule has 6 N–H and O–H groups in total. The SMILES string of the molecule is Cc1cc(NO)cc(Cn2nnc3c(-c4ccco4)nc(N)nc32)n1.Nc1nc(-c2ccco2)c2nnn(Cc3ccc(Cl)cc3[N+](=O)[O-])c2n1.